The van der Waals surface area contributed by atoms with Crippen LogP contribution in [0.5, 0.6) is 0 Å². The summed E-state index contributed by atoms with van der Waals surface area (Å²) in [5.74, 6) is 0.668. The van der Waals surface area contributed by atoms with Crippen LogP contribution in [0.3, 0.4) is 0 Å². The second-order valence-corrected chi connectivity index (χ2v) is 5.77. The molecule has 0 aliphatic carbocycles. The van der Waals surface area contributed by atoms with Gasteiger partial charge in [0, 0.05) is 11.4 Å². The minimum absolute atomic E-state index is 0.0500. The van der Waals surface area contributed by atoms with Gasteiger partial charge in [0.15, 0.2) is 10.8 Å². The summed E-state index contributed by atoms with van der Waals surface area (Å²) >= 11 is 1.41. The smallest absolute Gasteiger partial charge is 0.278 e. The second kappa shape index (κ2) is 5.29. The van der Waals surface area contributed by atoms with E-state index in [1.807, 2.05) is 29.6 Å². The molecular formula is C16H10N4O2S. The molecule has 0 saturated carbocycles. The first-order valence-electron chi connectivity index (χ1n) is 6.87. The van der Waals surface area contributed by atoms with Gasteiger partial charge in [0.05, 0.1) is 27.2 Å². The van der Waals surface area contributed by atoms with Crippen molar-refractivity contribution in [2.24, 2.45) is 0 Å². The van der Waals surface area contributed by atoms with Crippen LogP contribution >= 0.6 is 11.3 Å². The van der Waals surface area contributed by atoms with Crippen LogP contribution in [0, 0.1) is 10.1 Å². The number of nitrogens with zero attached hydrogens (tertiary/aromatic N) is 3. The molecule has 6 nitrogen and oxygen atoms in total. The minimum Gasteiger partial charge on any atom is -0.336 e. The van der Waals surface area contributed by atoms with E-state index >= 15 is 0 Å². The number of hydrogen-bond donors (Lipinski definition) is 1. The highest BCUT2D eigenvalue weighted by atomic mass is 32.1. The van der Waals surface area contributed by atoms with Crippen molar-refractivity contribution >= 4 is 28.1 Å². The van der Waals surface area contributed by atoms with Crippen molar-refractivity contribution < 1.29 is 4.92 Å². The van der Waals surface area contributed by atoms with Gasteiger partial charge in [-0.2, -0.15) is 0 Å². The summed E-state index contributed by atoms with van der Waals surface area (Å²) in [6, 6.07) is 14.3. The molecule has 0 atom stereocenters. The molecule has 4 aromatic rings. The lowest BCUT2D eigenvalue weighted by Gasteiger charge is -1.98. The number of imidazole rings is 1. The summed E-state index contributed by atoms with van der Waals surface area (Å²) in [6.07, 6.45) is 0. The lowest BCUT2D eigenvalue weighted by molar-refractivity contribution is -0.384. The van der Waals surface area contributed by atoms with Crippen LogP contribution in [0.4, 0.5) is 5.69 Å². The van der Waals surface area contributed by atoms with Crippen LogP contribution in [0.15, 0.2) is 53.9 Å². The van der Waals surface area contributed by atoms with Gasteiger partial charge in [-0.05, 0) is 18.2 Å². The Morgan fingerprint density at radius 2 is 1.83 bits per heavy atom. The molecule has 112 valence electrons. The Morgan fingerprint density at radius 3 is 2.65 bits per heavy atom. The zero-order valence-corrected chi connectivity index (χ0v) is 12.6. The summed E-state index contributed by atoms with van der Waals surface area (Å²) in [5, 5.41) is 13.7. The zero-order chi connectivity index (χ0) is 15.8. The van der Waals surface area contributed by atoms with Crippen molar-refractivity contribution in [2.75, 3.05) is 0 Å². The van der Waals surface area contributed by atoms with Gasteiger partial charge in [-0.1, -0.05) is 24.3 Å². The predicted octanol–water partition coefficient (Wildman–Crippen LogP) is 4.26. The molecule has 0 fully saturated rings. The van der Waals surface area contributed by atoms with E-state index in [2.05, 4.69) is 15.0 Å². The second-order valence-electron chi connectivity index (χ2n) is 4.91. The minimum atomic E-state index is -0.393. The highest BCUT2D eigenvalue weighted by Gasteiger charge is 2.18. The third-order valence-corrected chi connectivity index (χ3v) is 4.32. The van der Waals surface area contributed by atoms with Gasteiger partial charge < -0.3 is 4.98 Å². The van der Waals surface area contributed by atoms with E-state index in [-0.39, 0.29) is 5.69 Å². The number of rotatable bonds is 3. The Hall–Kier alpha value is -3.06. The van der Waals surface area contributed by atoms with Crippen molar-refractivity contribution in [1.82, 2.24) is 15.0 Å². The molecule has 2 heterocycles. The first-order chi connectivity index (χ1) is 11.2. The number of nitro benzene ring substituents is 1. The van der Waals surface area contributed by atoms with Crippen molar-refractivity contribution in [2.45, 2.75) is 0 Å². The molecular weight excluding hydrogens is 312 g/mol. The standard InChI is InChI=1S/C16H10N4O2S/c21-20(22)14-8-4-1-5-10(14)13-9-23-16(19-13)15-17-11-6-2-3-7-12(11)18-15/h1-9H,(H,17,18). The fourth-order valence-corrected chi connectivity index (χ4v) is 3.17. The van der Waals surface area contributed by atoms with Gasteiger partial charge in [0.25, 0.3) is 5.69 Å². The van der Waals surface area contributed by atoms with Crippen LogP contribution in [-0.2, 0) is 0 Å². The molecule has 2 aromatic heterocycles. The fraction of sp³-hybridized carbons (Fsp3) is 0. The van der Waals surface area contributed by atoms with Crippen molar-refractivity contribution in [1.29, 1.82) is 0 Å². The molecule has 7 heteroatoms. The number of hydrogen-bond acceptors (Lipinski definition) is 5. The van der Waals surface area contributed by atoms with Gasteiger partial charge in [0.2, 0.25) is 0 Å². The molecule has 2 aromatic carbocycles. The monoisotopic (exact) mass is 322 g/mol. The van der Waals surface area contributed by atoms with Crippen LogP contribution in [0.25, 0.3) is 33.1 Å². The predicted molar refractivity (Wildman–Crippen MR) is 89.3 cm³/mol. The third kappa shape index (κ3) is 2.36. The maximum Gasteiger partial charge on any atom is 0.278 e. The lowest BCUT2D eigenvalue weighted by atomic mass is 10.1. The van der Waals surface area contributed by atoms with Gasteiger partial charge in [-0.25, -0.2) is 9.97 Å². The average molecular weight is 322 g/mol. The number of nitro groups is 1. The Kier molecular flexibility index (Phi) is 3.13. The number of aromatic amines is 1. The Balaban J connectivity index is 1.79. The molecule has 4 rings (SSSR count). The Morgan fingerprint density at radius 1 is 1.04 bits per heavy atom. The average Bonchev–Trinajstić information content (AvgIpc) is 3.21. The summed E-state index contributed by atoms with van der Waals surface area (Å²) in [6.45, 7) is 0. The number of H-pyrrole nitrogens is 1. The molecule has 23 heavy (non-hydrogen) atoms. The van der Waals surface area contributed by atoms with Gasteiger partial charge >= 0.3 is 0 Å². The molecule has 0 spiro atoms. The summed E-state index contributed by atoms with van der Waals surface area (Å²) in [4.78, 5) is 23.0. The van der Waals surface area contributed by atoms with Crippen molar-refractivity contribution in [3.8, 4) is 22.1 Å². The number of benzene rings is 2. The maximum atomic E-state index is 11.2. The van der Waals surface area contributed by atoms with Gasteiger partial charge in [-0.15, -0.1) is 11.3 Å². The summed E-state index contributed by atoms with van der Waals surface area (Å²) in [5.41, 5.74) is 2.94. The number of fused-ring (bicyclic) bond motifs is 1. The molecule has 0 radical (unpaired) electrons. The molecule has 1 N–H and O–H groups in total. The van der Waals surface area contributed by atoms with Crippen molar-refractivity contribution in [3.63, 3.8) is 0 Å². The topological polar surface area (TPSA) is 84.7 Å². The molecule has 0 bridgehead atoms. The molecule has 0 unspecified atom stereocenters. The lowest BCUT2D eigenvalue weighted by Crippen LogP contribution is -1.91. The molecule has 0 aliphatic rings. The van der Waals surface area contributed by atoms with Crippen molar-refractivity contribution in [3.05, 3.63) is 64.0 Å². The Bertz CT molecular complexity index is 989. The summed E-state index contributed by atoms with van der Waals surface area (Å²) < 4.78 is 0. The van der Waals surface area contributed by atoms with E-state index in [1.165, 1.54) is 17.4 Å². The number of nitrogens with one attached hydrogen (secondary N) is 1. The number of aromatic nitrogens is 3. The maximum absolute atomic E-state index is 11.2. The van der Waals surface area contributed by atoms with E-state index in [0.717, 1.165) is 11.0 Å². The van der Waals surface area contributed by atoms with Gasteiger partial charge in [0.1, 0.15) is 0 Å². The van der Waals surface area contributed by atoms with E-state index in [1.54, 1.807) is 18.2 Å². The molecule has 0 aliphatic heterocycles. The first-order valence-corrected chi connectivity index (χ1v) is 7.75. The first kappa shape index (κ1) is 13.6. The number of thiazole rings is 1. The fourth-order valence-electron chi connectivity index (χ4n) is 2.41. The molecule has 0 amide bonds. The SMILES string of the molecule is O=[N+]([O-])c1ccccc1-c1csc(-c2nc3ccccc3[nH]2)n1. The van der Waals surface area contributed by atoms with Crippen LogP contribution in [0.2, 0.25) is 0 Å². The highest BCUT2D eigenvalue weighted by Crippen LogP contribution is 2.33. The van der Waals surface area contributed by atoms with E-state index < -0.39 is 4.92 Å². The van der Waals surface area contributed by atoms with Crippen LogP contribution in [0.1, 0.15) is 0 Å². The van der Waals surface area contributed by atoms with Gasteiger partial charge in [-0.3, -0.25) is 10.1 Å². The molecule has 0 saturated heterocycles. The normalized spacial score (nSPS) is 11.0. The van der Waals surface area contributed by atoms with Crippen LogP contribution < -0.4 is 0 Å². The van der Waals surface area contributed by atoms with E-state index in [4.69, 9.17) is 0 Å². The van der Waals surface area contributed by atoms with E-state index in [9.17, 15) is 10.1 Å². The van der Waals surface area contributed by atoms with Crippen LogP contribution in [-0.4, -0.2) is 19.9 Å². The quantitative estimate of drug-likeness (QED) is 0.451. The Labute approximate surface area is 134 Å². The highest BCUT2D eigenvalue weighted by molar-refractivity contribution is 7.13. The number of para-hydroxylation sites is 3. The zero-order valence-electron chi connectivity index (χ0n) is 11.8. The largest absolute Gasteiger partial charge is 0.336 e. The van der Waals surface area contributed by atoms with E-state index in [0.29, 0.717) is 22.1 Å². The third-order valence-electron chi connectivity index (χ3n) is 3.47. The summed E-state index contributed by atoms with van der Waals surface area (Å²) in [7, 11) is 0.